The zero-order valence-corrected chi connectivity index (χ0v) is 8.04. The van der Waals surface area contributed by atoms with E-state index in [-0.39, 0.29) is 0 Å². The average Bonchev–Trinajstić information content (AvgIpc) is 2.71. The molecule has 0 aliphatic heterocycles. The molecule has 0 radical (unpaired) electrons. The molecule has 2 heterocycles. The summed E-state index contributed by atoms with van der Waals surface area (Å²) in [5.74, 6) is 0.760. The van der Waals surface area contributed by atoms with Gasteiger partial charge in [0, 0.05) is 14.1 Å². The molecule has 68 valence electrons. The largest absolute Gasteiger partial charge is 0.370 e. The van der Waals surface area contributed by atoms with Crippen LogP contribution in [0.25, 0.3) is 11.4 Å². The normalized spacial score (nSPS) is 10.3. The first-order valence-electron chi connectivity index (χ1n) is 3.68. The Balaban J connectivity index is 2.52. The van der Waals surface area contributed by atoms with Gasteiger partial charge in [0.2, 0.25) is 0 Å². The highest BCUT2D eigenvalue weighted by Crippen LogP contribution is 2.23. The third-order valence-electron chi connectivity index (χ3n) is 1.68. The lowest BCUT2D eigenvalue weighted by molar-refractivity contribution is 0.720. The van der Waals surface area contributed by atoms with Crippen molar-refractivity contribution in [2.45, 2.75) is 0 Å². The molecule has 2 rings (SSSR count). The van der Waals surface area contributed by atoms with Crippen LogP contribution in [0.2, 0.25) is 0 Å². The van der Waals surface area contributed by atoms with Crippen molar-refractivity contribution in [1.29, 1.82) is 0 Å². The molecule has 1 N–H and O–H groups in total. The van der Waals surface area contributed by atoms with Gasteiger partial charge >= 0.3 is 0 Å². The van der Waals surface area contributed by atoms with Gasteiger partial charge in [-0.2, -0.15) is 8.75 Å². The van der Waals surface area contributed by atoms with Gasteiger partial charge in [0.05, 0.1) is 17.9 Å². The second-order valence-corrected chi connectivity index (χ2v) is 2.98. The number of nitrogens with zero attached hydrogens (tertiary/aromatic N) is 5. The first-order valence-corrected chi connectivity index (χ1v) is 4.41. The molecule has 0 atom stereocenters. The fourth-order valence-electron chi connectivity index (χ4n) is 1.02. The van der Waals surface area contributed by atoms with Crippen molar-refractivity contribution in [3.05, 3.63) is 6.20 Å². The number of hydrogen-bond acceptors (Lipinski definition) is 6. The van der Waals surface area contributed by atoms with Gasteiger partial charge in [0.15, 0.2) is 5.82 Å². The molecule has 0 bridgehead atoms. The van der Waals surface area contributed by atoms with E-state index in [9.17, 15) is 0 Å². The number of aryl methyl sites for hydroxylation is 1. The quantitative estimate of drug-likeness (QED) is 0.751. The van der Waals surface area contributed by atoms with E-state index in [2.05, 4.69) is 24.4 Å². The van der Waals surface area contributed by atoms with Crippen LogP contribution < -0.4 is 5.32 Å². The molecule has 0 aromatic carbocycles. The van der Waals surface area contributed by atoms with Crippen LogP contribution in [0.1, 0.15) is 0 Å². The van der Waals surface area contributed by atoms with Gasteiger partial charge in [0.1, 0.15) is 11.4 Å². The van der Waals surface area contributed by atoms with E-state index >= 15 is 0 Å². The molecule has 2 aromatic heterocycles. The zero-order chi connectivity index (χ0) is 9.26. The summed E-state index contributed by atoms with van der Waals surface area (Å²) in [6.07, 6.45) is 1.66. The van der Waals surface area contributed by atoms with Gasteiger partial charge in [-0.25, -0.2) is 4.68 Å². The molecule has 13 heavy (non-hydrogen) atoms. The molecular weight excluding hydrogens is 188 g/mol. The smallest absolute Gasteiger partial charge is 0.169 e. The van der Waals surface area contributed by atoms with Crippen LogP contribution in [-0.4, -0.2) is 30.8 Å². The molecule has 0 saturated carbocycles. The van der Waals surface area contributed by atoms with E-state index < -0.39 is 0 Å². The summed E-state index contributed by atoms with van der Waals surface area (Å²) in [4.78, 5) is 0. The highest BCUT2D eigenvalue weighted by molar-refractivity contribution is 6.99. The number of aromatic nitrogens is 5. The second-order valence-electron chi connectivity index (χ2n) is 2.45. The maximum Gasteiger partial charge on any atom is 0.169 e. The van der Waals surface area contributed by atoms with E-state index in [0.29, 0.717) is 0 Å². The summed E-state index contributed by atoms with van der Waals surface area (Å²) in [6, 6.07) is 0. The molecule has 0 fully saturated rings. The van der Waals surface area contributed by atoms with E-state index in [1.807, 2.05) is 14.1 Å². The average molecular weight is 196 g/mol. The Morgan fingerprint density at radius 2 is 2.31 bits per heavy atom. The fourth-order valence-corrected chi connectivity index (χ4v) is 1.59. The SMILES string of the molecule is CNc1nsnc1-c1cnnn1C. The van der Waals surface area contributed by atoms with Crippen LogP contribution in [0, 0.1) is 0 Å². The third-order valence-corrected chi connectivity index (χ3v) is 2.21. The van der Waals surface area contributed by atoms with Crippen molar-refractivity contribution in [2.75, 3.05) is 12.4 Å². The predicted octanol–water partition coefficient (Wildman–Crippen LogP) is 0.375. The molecule has 2 aromatic rings. The zero-order valence-electron chi connectivity index (χ0n) is 7.22. The number of rotatable bonds is 2. The summed E-state index contributed by atoms with van der Waals surface area (Å²) in [6.45, 7) is 0. The summed E-state index contributed by atoms with van der Waals surface area (Å²) in [5, 5.41) is 10.6. The molecule has 6 nitrogen and oxygen atoms in total. The number of anilines is 1. The predicted molar refractivity (Wildman–Crippen MR) is 49.5 cm³/mol. The van der Waals surface area contributed by atoms with Gasteiger partial charge in [-0.3, -0.25) is 0 Å². The molecule has 0 aliphatic carbocycles. The summed E-state index contributed by atoms with van der Waals surface area (Å²) in [7, 11) is 3.63. The van der Waals surface area contributed by atoms with Crippen LogP contribution in [0.4, 0.5) is 5.82 Å². The third kappa shape index (κ3) is 1.26. The van der Waals surface area contributed by atoms with Crippen LogP contribution in [0.15, 0.2) is 6.20 Å². The van der Waals surface area contributed by atoms with Crippen LogP contribution in [-0.2, 0) is 7.05 Å². The highest BCUT2D eigenvalue weighted by Gasteiger charge is 2.12. The fraction of sp³-hybridized carbons (Fsp3) is 0.333. The topological polar surface area (TPSA) is 68.5 Å². The maximum atomic E-state index is 4.16. The lowest BCUT2D eigenvalue weighted by Gasteiger charge is -1.98. The minimum absolute atomic E-state index is 0.760. The molecule has 0 saturated heterocycles. The Labute approximate surface area is 78.9 Å². The number of hydrogen-bond donors (Lipinski definition) is 1. The van der Waals surface area contributed by atoms with Gasteiger partial charge in [0.25, 0.3) is 0 Å². The Morgan fingerprint density at radius 1 is 1.46 bits per heavy atom. The minimum Gasteiger partial charge on any atom is -0.370 e. The standard InChI is InChI=1S/C6H8N6S/c1-7-6-5(9-13-10-6)4-3-8-11-12(4)2/h3H,1-2H3,(H,7,10). The first kappa shape index (κ1) is 8.11. The van der Waals surface area contributed by atoms with Crippen LogP contribution in [0.5, 0.6) is 0 Å². The monoisotopic (exact) mass is 196 g/mol. The van der Waals surface area contributed by atoms with Crippen molar-refractivity contribution in [3.63, 3.8) is 0 Å². The van der Waals surface area contributed by atoms with Gasteiger partial charge in [-0.1, -0.05) is 5.21 Å². The Hall–Kier alpha value is -1.50. The van der Waals surface area contributed by atoms with Crippen LogP contribution >= 0.6 is 11.7 Å². The van der Waals surface area contributed by atoms with Gasteiger partial charge in [-0.05, 0) is 0 Å². The van der Waals surface area contributed by atoms with Crippen molar-refractivity contribution in [2.24, 2.45) is 7.05 Å². The summed E-state index contributed by atoms with van der Waals surface area (Å²) in [5.41, 5.74) is 1.65. The Kier molecular flexibility index (Phi) is 1.93. The van der Waals surface area contributed by atoms with E-state index in [1.54, 1.807) is 10.9 Å². The van der Waals surface area contributed by atoms with E-state index in [1.165, 1.54) is 11.7 Å². The minimum atomic E-state index is 0.760. The molecule has 7 heteroatoms. The molecule has 0 amide bonds. The van der Waals surface area contributed by atoms with E-state index in [4.69, 9.17) is 0 Å². The van der Waals surface area contributed by atoms with Crippen LogP contribution in [0.3, 0.4) is 0 Å². The summed E-state index contributed by atoms with van der Waals surface area (Å²) < 4.78 is 9.90. The Morgan fingerprint density at radius 3 is 2.92 bits per heavy atom. The van der Waals surface area contributed by atoms with Crippen molar-refractivity contribution >= 4 is 17.5 Å². The Bertz CT molecular complexity index is 405. The van der Waals surface area contributed by atoms with Crippen molar-refractivity contribution in [1.82, 2.24) is 23.7 Å². The molecule has 0 spiro atoms. The lowest BCUT2D eigenvalue weighted by atomic mass is 10.3. The van der Waals surface area contributed by atoms with E-state index in [0.717, 1.165) is 17.2 Å². The first-order chi connectivity index (χ1) is 6.33. The number of nitrogens with one attached hydrogen (secondary N) is 1. The molecule has 0 unspecified atom stereocenters. The maximum absolute atomic E-state index is 4.16. The lowest BCUT2D eigenvalue weighted by Crippen LogP contribution is -1.97. The van der Waals surface area contributed by atoms with Crippen molar-refractivity contribution < 1.29 is 0 Å². The van der Waals surface area contributed by atoms with Gasteiger partial charge in [-0.15, -0.1) is 5.10 Å². The second kappa shape index (κ2) is 3.09. The van der Waals surface area contributed by atoms with Gasteiger partial charge < -0.3 is 5.32 Å². The molecule has 0 aliphatic rings. The summed E-state index contributed by atoms with van der Waals surface area (Å²) >= 11 is 1.17. The van der Waals surface area contributed by atoms with Crippen molar-refractivity contribution in [3.8, 4) is 11.4 Å². The highest BCUT2D eigenvalue weighted by atomic mass is 32.1. The molecular formula is C6H8N6S.